The van der Waals surface area contributed by atoms with Gasteiger partial charge < -0.3 is 4.74 Å². The van der Waals surface area contributed by atoms with Gasteiger partial charge in [0, 0.05) is 0 Å². The fraction of sp³-hybridized carbons (Fsp3) is 0.462. The van der Waals surface area contributed by atoms with Crippen LogP contribution in [0.15, 0.2) is 24.3 Å². The number of ether oxygens (including phenoxy) is 1. The average Bonchev–Trinajstić information content (AvgIpc) is 2.91. The Labute approximate surface area is 100 Å². The fourth-order valence-electron chi connectivity index (χ4n) is 2.35. The lowest BCUT2D eigenvalue weighted by molar-refractivity contribution is -0.182. The molecule has 4 nitrogen and oxygen atoms in total. The van der Waals surface area contributed by atoms with Crippen LogP contribution in [0.3, 0.4) is 0 Å². The highest BCUT2D eigenvalue weighted by atomic mass is 16.7. The zero-order valence-electron chi connectivity index (χ0n) is 9.59. The highest BCUT2D eigenvalue weighted by molar-refractivity contribution is 5.82. The fourth-order valence-corrected chi connectivity index (χ4v) is 2.35. The molecule has 0 aromatic heterocycles. The van der Waals surface area contributed by atoms with Crippen LogP contribution in [0.5, 0.6) is 0 Å². The molecule has 0 aliphatic carbocycles. The number of nitrogens with zero attached hydrogens (tertiary/aromatic N) is 1. The third-order valence-corrected chi connectivity index (χ3v) is 3.22. The first kappa shape index (κ1) is 10.7. The molecule has 0 N–H and O–H groups in total. The molecular formula is C13H15NO3. The van der Waals surface area contributed by atoms with Gasteiger partial charge in [0.1, 0.15) is 0 Å². The molecule has 1 fully saturated rings. The van der Waals surface area contributed by atoms with Gasteiger partial charge in [0.2, 0.25) is 0 Å². The van der Waals surface area contributed by atoms with Gasteiger partial charge in [-0.05, 0) is 24.0 Å². The van der Waals surface area contributed by atoms with E-state index < -0.39 is 6.10 Å². The standard InChI is InChI=1S/C13H15NO3/c15-13(14-7-3-8-17-14)12-11-5-2-1-4-10(11)6-9-16-12/h1-2,4-5,12H,3,6-9H2/t12-/m1/s1. The molecule has 2 heterocycles. The molecule has 3 rings (SSSR count). The Balaban J connectivity index is 1.86. The summed E-state index contributed by atoms with van der Waals surface area (Å²) in [5.41, 5.74) is 2.19. The Morgan fingerprint density at radius 1 is 1.29 bits per heavy atom. The summed E-state index contributed by atoms with van der Waals surface area (Å²) in [5, 5.41) is 1.44. The maximum atomic E-state index is 12.2. The first-order valence-electron chi connectivity index (χ1n) is 6.00. The van der Waals surface area contributed by atoms with E-state index in [0.717, 1.165) is 18.4 Å². The third kappa shape index (κ3) is 1.94. The summed E-state index contributed by atoms with van der Waals surface area (Å²) in [4.78, 5) is 17.5. The zero-order chi connectivity index (χ0) is 11.7. The lowest BCUT2D eigenvalue weighted by Crippen LogP contribution is -2.35. The molecule has 0 radical (unpaired) electrons. The van der Waals surface area contributed by atoms with Gasteiger partial charge in [-0.25, -0.2) is 5.06 Å². The number of benzene rings is 1. The van der Waals surface area contributed by atoms with Crippen molar-refractivity contribution in [3.05, 3.63) is 35.4 Å². The maximum absolute atomic E-state index is 12.2. The lowest BCUT2D eigenvalue weighted by Gasteiger charge is -2.27. The summed E-state index contributed by atoms with van der Waals surface area (Å²) in [7, 11) is 0. The Hall–Kier alpha value is -1.39. The van der Waals surface area contributed by atoms with Gasteiger partial charge in [0.05, 0.1) is 19.8 Å². The monoisotopic (exact) mass is 233 g/mol. The van der Waals surface area contributed by atoms with Crippen LogP contribution in [-0.2, 0) is 20.8 Å². The molecule has 0 saturated carbocycles. The largest absolute Gasteiger partial charge is 0.363 e. The van der Waals surface area contributed by atoms with Crippen LogP contribution in [0, 0.1) is 0 Å². The Morgan fingerprint density at radius 3 is 3.00 bits per heavy atom. The molecule has 0 bridgehead atoms. The summed E-state index contributed by atoms with van der Waals surface area (Å²) in [6.45, 7) is 1.89. The molecule has 0 spiro atoms. The minimum absolute atomic E-state index is 0.0744. The van der Waals surface area contributed by atoms with Crippen molar-refractivity contribution in [3.8, 4) is 0 Å². The minimum Gasteiger partial charge on any atom is -0.363 e. The summed E-state index contributed by atoms with van der Waals surface area (Å²) in [6, 6.07) is 7.97. The average molecular weight is 233 g/mol. The van der Waals surface area contributed by atoms with Crippen molar-refractivity contribution >= 4 is 5.91 Å². The van der Waals surface area contributed by atoms with E-state index in [4.69, 9.17) is 9.57 Å². The van der Waals surface area contributed by atoms with Crippen LogP contribution in [0.1, 0.15) is 23.7 Å². The topological polar surface area (TPSA) is 38.8 Å². The molecule has 90 valence electrons. The van der Waals surface area contributed by atoms with Gasteiger partial charge >= 0.3 is 0 Å². The van der Waals surface area contributed by atoms with E-state index in [1.165, 1.54) is 10.6 Å². The van der Waals surface area contributed by atoms with Crippen LogP contribution in [-0.4, -0.2) is 30.7 Å². The summed E-state index contributed by atoms with van der Waals surface area (Å²) < 4.78 is 5.61. The van der Waals surface area contributed by atoms with Gasteiger partial charge in [-0.3, -0.25) is 9.63 Å². The molecule has 1 atom stereocenters. The number of hydroxylamine groups is 2. The van der Waals surface area contributed by atoms with E-state index in [2.05, 4.69) is 6.07 Å². The number of rotatable bonds is 1. The van der Waals surface area contributed by atoms with E-state index in [1.807, 2.05) is 18.2 Å². The molecule has 1 aromatic rings. The Kier molecular flexibility index (Phi) is 2.82. The molecule has 4 heteroatoms. The van der Waals surface area contributed by atoms with Crippen LogP contribution in [0.25, 0.3) is 0 Å². The van der Waals surface area contributed by atoms with E-state index in [9.17, 15) is 4.79 Å². The molecule has 2 aliphatic heterocycles. The van der Waals surface area contributed by atoms with Gasteiger partial charge in [0.25, 0.3) is 5.91 Å². The molecule has 1 saturated heterocycles. The van der Waals surface area contributed by atoms with Crippen molar-refractivity contribution < 1.29 is 14.4 Å². The van der Waals surface area contributed by atoms with Gasteiger partial charge in [-0.1, -0.05) is 24.3 Å². The van der Waals surface area contributed by atoms with Crippen LogP contribution in [0.2, 0.25) is 0 Å². The number of hydrogen-bond donors (Lipinski definition) is 0. The van der Waals surface area contributed by atoms with E-state index in [-0.39, 0.29) is 5.91 Å². The third-order valence-electron chi connectivity index (χ3n) is 3.22. The number of carbonyl (C=O) groups is 1. The smallest absolute Gasteiger partial charge is 0.279 e. The van der Waals surface area contributed by atoms with Crippen molar-refractivity contribution in [2.75, 3.05) is 19.8 Å². The number of carbonyl (C=O) groups excluding carboxylic acids is 1. The first-order valence-corrected chi connectivity index (χ1v) is 6.00. The predicted octanol–water partition coefficient (Wildman–Crippen LogP) is 1.46. The second-order valence-corrected chi connectivity index (χ2v) is 4.33. The molecule has 1 aromatic carbocycles. The molecule has 17 heavy (non-hydrogen) atoms. The van der Waals surface area contributed by atoms with Crippen molar-refractivity contribution in [2.24, 2.45) is 0 Å². The van der Waals surface area contributed by atoms with Crippen LogP contribution < -0.4 is 0 Å². The quantitative estimate of drug-likeness (QED) is 0.737. The maximum Gasteiger partial charge on any atom is 0.279 e. The second-order valence-electron chi connectivity index (χ2n) is 4.33. The van der Waals surface area contributed by atoms with E-state index in [0.29, 0.717) is 19.8 Å². The SMILES string of the molecule is O=C([C@@H]1OCCc2ccccc21)N1CCCO1. The molecule has 1 amide bonds. The van der Waals surface area contributed by atoms with Crippen molar-refractivity contribution in [2.45, 2.75) is 18.9 Å². The van der Waals surface area contributed by atoms with Gasteiger partial charge in [-0.15, -0.1) is 0 Å². The number of fused-ring (bicyclic) bond motifs is 1. The van der Waals surface area contributed by atoms with E-state index >= 15 is 0 Å². The number of hydrogen-bond acceptors (Lipinski definition) is 3. The normalized spacial score (nSPS) is 23.5. The summed E-state index contributed by atoms with van der Waals surface area (Å²) >= 11 is 0. The number of amides is 1. The highest BCUT2D eigenvalue weighted by Crippen LogP contribution is 2.29. The molecule has 2 aliphatic rings. The van der Waals surface area contributed by atoms with Crippen molar-refractivity contribution in [1.29, 1.82) is 0 Å². The summed E-state index contributed by atoms with van der Waals surface area (Å²) in [5.74, 6) is -0.0744. The summed E-state index contributed by atoms with van der Waals surface area (Å²) in [6.07, 6.45) is 1.29. The Bertz CT molecular complexity index is 426. The Morgan fingerprint density at radius 2 is 2.18 bits per heavy atom. The van der Waals surface area contributed by atoms with Crippen LogP contribution >= 0.6 is 0 Å². The lowest BCUT2D eigenvalue weighted by atomic mass is 9.97. The molecule has 0 unspecified atom stereocenters. The predicted molar refractivity (Wildman–Crippen MR) is 61.1 cm³/mol. The van der Waals surface area contributed by atoms with Crippen LogP contribution in [0.4, 0.5) is 0 Å². The minimum atomic E-state index is -0.488. The van der Waals surface area contributed by atoms with Crippen molar-refractivity contribution in [3.63, 3.8) is 0 Å². The van der Waals surface area contributed by atoms with Crippen molar-refractivity contribution in [1.82, 2.24) is 5.06 Å². The first-order chi connectivity index (χ1) is 8.36. The highest BCUT2D eigenvalue weighted by Gasteiger charge is 2.32. The zero-order valence-corrected chi connectivity index (χ0v) is 9.59. The second kappa shape index (κ2) is 4.47. The van der Waals surface area contributed by atoms with Gasteiger partial charge in [0.15, 0.2) is 6.10 Å². The molecular weight excluding hydrogens is 218 g/mol. The van der Waals surface area contributed by atoms with Gasteiger partial charge in [-0.2, -0.15) is 0 Å². The van der Waals surface area contributed by atoms with E-state index in [1.54, 1.807) is 0 Å².